The van der Waals surface area contributed by atoms with Crippen molar-refractivity contribution in [2.45, 2.75) is 6.61 Å². The van der Waals surface area contributed by atoms with Gasteiger partial charge >= 0.3 is 5.97 Å². The van der Waals surface area contributed by atoms with Crippen LogP contribution in [0.2, 0.25) is 5.02 Å². The van der Waals surface area contributed by atoms with Crippen LogP contribution in [0.4, 0.5) is 4.39 Å². The summed E-state index contributed by atoms with van der Waals surface area (Å²) in [5.41, 5.74) is 0.246. The molecule has 3 nitrogen and oxygen atoms in total. The number of carboxylic acids is 1. The highest BCUT2D eigenvalue weighted by molar-refractivity contribution is 9.10. The Labute approximate surface area is 128 Å². The fraction of sp³-hybridized carbons (Fsp3) is 0.0714. The largest absolute Gasteiger partial charge is 0.487 e. The minimum absolute atomic E-state index is 0.000339. The van der Waals surface area contributed by atoms with Crippen molar-refractivity contribution in [3.8, 4) is 5.75 Å². The van der Waals surface area contributed by atoms with E-state index in [0.29, 0.717) is 10.8 Å². The number of carboxylic acid groups (broad SMARTS) is 1. The van der Waals surface area contributed by atoms with Gasteiger partial charge in [-0.1, -0.05) is 27.5 Å². The molecule has 0 spiro atoms. The number of carbonyl (C=O) groups is 1. The van der Waals surface area contributed by atoms with Crippen molar-refractivity contribution >= 4 is 33.5 Å². The molecule has 0 bridgehead atoms. The van der Waals surface area contributed by atoms with Crippen LogP contribution in [0, 0.1) is 5.82 Å². The average Bonchev–Trinajstić information content (AvgIpc) is 2.37. The number of benzene rings is 2. The van der Waals surface area contributed by atoms with E-state index in [1.807, 2.05) is 0 Å². The molecule has 20 heavy (non-hydrogen) atoms. The van der Waals surface area contributed by atoms with Gasteiger partial charge in [-0.05, 0) is 36.4 Å². The third-order valence-electron chi connectivity index (χ3n) is 2.57. The Hall–Kier alpha value is -1.59. The second-order valence-corrected chi connectivity index (χ2v) is 5.29. The highest BCUT2D eigenvalue weighted by Crippen LogP contribution is 2.28. The molecule has 0 aliphatic carbocycles. The van der Waals surface area contributed by atoms with Crippen LogP contribution < -0.4 is 4.74 Å². The Morgan fingerprint density at radius 1 is 1.30 bits per heavy atom. The van der Waals surface area contributed by atoms with Gasteiger partial charge in [0.15, 0.2) is 0 Å². The van der Waals surface area contributed by atoms with E-state index in [2.05, 4.69) is 15.9 Å². The Morgan fingerprint density at radius 2 is 2.05 bits per heavy atom. The van der Waals surface area contributed by atoms with Crippen molar-refractivity contribution in [3.63, 3.8) is 0 Å². The zero-order valence-electron chi connectivity index (χ0n) is 10.1. The van der Waals surface area contributed by atoms with Gasteiger partial charge in [0.05, 0.1) is 10.6 Å². The van der Waals surface area contributed by atoms with Crippen LogP contribution in [0.5, 0.6) is 5.75 Å². The predicted molar refractivity (Wildman–Crippen MR) is 76.8 cm³/mol. The van der Waals surface area contributed by atoms with Gasteiger partial charge in [0.25, 0.3) is 0 Å². The van der Waals surface area contributed by atoms with Gasteiger partial charge < -0.3 is 9.84 Å². The summed E-state index contributed by atoms with van der Waals surface area (Å²) in [6, 6.07) is 8.48. The normalized spacial score (nSPS) is 10.3. The van der Waals surface area contributed by atoms with E-state index in [9.17, 15) is 9.18 Å². The maximum absolute atomic E-state index is 13.2. The average molecular weight is 360 g/mol. The van der Waals surface area contributed by atoms with Gasteiger partial charge in [0.2, 0.25) is 0 Å². The summed E-state index contributed by atoms with van der Waals surface area (Å²) >= 11 is 9.25. The summed E-state index contributed by atoms with van der Waals surface area (Å²) < 4.78 is 19.4. The molecule has 0 unspecified atom stereocenters. The maximum atomic E-state index is 13.2. The molecule has 0 radical (unpaired) electrons. The maximum Gasteiger partial charge on any atom is 0.336 e. The third-order valence-corrected chi connectivity index (χ3v) is 3.36. The van der Waals surface area contributed by atoms with Crippen LogP contribution in [0.1, 0.15) is 15.9 Å². The second-order valence-electron chi connectivity index (χ2n) is 3.97. The first-order valence-electron chi connectivity index (χ1n) is 5.57. The van der Waals surface area contributed by atoms with Crippen LogP contribution in [0.3, 0.4) is 0 Å². The molecule has 0 heterocycles. The third kappa shape index (κ3) is 3.49. The molecule has 0 aromatic heterocycles. The SMILES string of the molecule is O=C(O)c1ccc(F)cc1COc1ccc(Br)cc1Cl. The Kier molecular flexibility index (Phi) is 4.62. The highest BCUT2D eigenvalue weighted by atomic mass is 79.9. The molecule has 2 aromatic rings. The zero-order valence-corrected chi connectivity index (χ0v) is 12.4. The molecule has 2 rings (SSSR count). The minimum atomic E-state index is -1.13. The van der Waals surface area contributed by atoms with E-state index in [4.69, 9.17) is 21.4 Å². The lowest BCUT2D eigenvalue weighted by atomic mass is 10.1. The molecule has 1 N–H and O–H groups in total. The summed E-state index contributed by atoms with van der Waals surface area (Å²) in [7, 11) is 0. The standard InChI is InChI=1S/C14H9BrClFO3/c15-9-1-4-13(12(16)6-9)20-7-8-5-10(17)2-3-11(8)14(18)19/h1-6H,7H2,(H,18,19). The monoisotopic (exact) mass is 358 g/mol. The summed E-state index contributed by atoms with van der Waals surface area (Å²) in [6.45, 7) is -0.0826. The van der Waals surface area contributed by atoms with Gasteiger partial charge in [-0.25, -0.2) is 9.18 Å². The molecule has 0 saturated heterocycles. The summed E-state index contributed by atoms with van der Waals surface area (Å²) in [6.07, 6.45) is 0. The molecule has 2 aromatic carbocycles. The lowest BCUT2D eigenvalue weighted by Gasteiger charge is -2.10. The molecule has 0 fully saturated rings. The van der Waals surface area contributed by atoms with Gasteiger partial charge in [-0.3, -0.25) is 0 Å². The zero-order chi connectivity index (χ0) is 14.7. The first-order valence-corrected chi connectivity index (χ1v) is 6.74. The lowest BCUT2D eigenvalue weighted by molar-refractivity contribution is 0.0694. The number of aromatic carboxylic acids is 1. The molecule has 0 saturated carbocycles. The molecule has 0 amide bonds. The molecule has 0 aliphatic heterocycles. The summed E-state index contributed by atoms with van der Waals surface area (Å²) in [5.74, 6) is -1.25. The Bertz CT molecular complexity index is 661. The molecule has 0 atom stereocenters. The van der Waals surface area contributed by atoms with Crippen LogP contribution in [-0.4, -0.2) is 11.1 Å². The predicted octanol–water partition coefficient (Wildman–Crippen LogP) is 4.52. The fourth-order valence-electron chi connectivity index (χ4n) is 1.64. The second kappa shape index (κ2) is 6.24. The number of hydrogen-bond donors (Lipinski definition) is 1. The van der Waals surface area contributed by atoms with Crippen molar-refractivity contribution in [1.29, 1.82) is 0 Å². The molecular weight excluding hydrogens is 351 g/mol. The van der Waals surface area contributed by atoms with Crippen LogP contribution in [0.25, 0.3) is 0 Å². The van der Waals surface area contributed by atoms with Gasteiger partial charge in [-0.2, -0.15) is 0 Å². The minimum Gasteiger partial charge on any atom is -0.487 e. The van der Waals surface area contributed by atoms with E-state index >= 15 is 0 Å². The van der Waals surface area contributed by atoms with Crippen LogP contribution in [-0.2, 0) is 6.61 Å². The van der Waals surface area contributed by atoms with Crippen LogP contribution >= 0.6 is 27.5 Å². The number of halogens is 3. The Morgan fingerprint density at radius 3 is 2.70 bits per heavy atom. The first-order chi connectivity index (χ1) is 9.47. The van der Waals surface area contributed by atoms with Gasteiger partial charge in [0.1, 0.15) is 18.2 Å². The molecular formula is C14H9BrClFO3. The smallest absolute Gasteiger partial charge is 0.336 e. The quantitative estimate of drug-likeness (QED) is 0.873. The van der Waals surface area contributed by atoms with Gasteiger partial charge in [-0.15, -0.1) is 0 Å². The summed E-state index contributed by atoms with van der Waals surface area (Å²) in [4.78, 5) is 11.0. The highest BCUT2D eigenvalue weighted by Gasteiger charge is 2.12. The van der Waals surface area contributed by atoms with E-state index in [0.717, 1.165) is 16.6 Å². The number of rotatable bonds is 4. The van der Waals surface area contributed by atoms with Crippen LogP contribution in [0.15, 0.2) is 40.9 Å². The topological polar surface area (TPSA) is 46.5 Å². The van der Waals surface area contributed by atoms with Crippen molar-refractivity contribution in [1.82, 2.24) is 0 Å². The summed E-state index contributed by atoms with van der Waals surface area (Å²) in [5, 5.41) is 9.42. The molecule has 6 heteroatoms. The fourth-order valence-corrected chi connectivity index (χ4v) is 2.37. The van der Waals surface area contributed by atoms with Crippen molar-refractivity contribution < 1.29 is 19.0 Å². The van der Waals surface area contributed by atoms with Crippen molar-refractivity contribution in [3.05, 3.63) is 62.8 Å². The first kappa shape index (κ1) is 14.8. The molecule has 104 valence electrons. The van der Waals surface area contributed by atoms with E-state index < -0.39 is 11.8 Å². The van der Waals surface area contributed by atoms with Crippen molar-refractivity contribution in [2.75, 3.05) is 0 Å². The number of hydrogen-bond acceptors (Lipinski definition) is 2. The van der Waals surface area contributed by atoms with E-state index in [1.165, 1.54) is 6.07 Å². The van der Waals surface area contributed by atoms with E-state index in [1.54, 1.807) is 18.2 Å². The van der Waals surface area contributed by atoms with E-state index in [-0.39, 0.29) is 17.7 Å². The Balaban J connectivity index is 2.22. The van der Waals surface area contributed by atoms with Crippen molar-refractivity contribution in [2.24, 2.45) is 0 Å². The lowest BCUT2D eigenvalue weighted by Crippen LogP contribution is -2.06. The number of ether oxygens (including phenoxy) is 1. The van der Waals surface area contributed by atoms with Gasteiger partial charge in [0, 0.05) is 10.0 Å². The molecule has 0 aliphatic rings.